The molecule has 0 heterocycles. The van der Waals surface area contributed by atoms with Crippen LogP contribution in [0.15, 0.2) is 58.3 Å². The van der Waals surface area contributed by atoms with Gasteiger partial charge in [-0.15, -0.1) is 0 Å². The van der Waals surface area contributed by atoms with Crippen LogP contribution in [-0.4, -0.2) is 42.2 Å². The van der Waals surface area contributed by atoms with Crippen LogP contribution in [0.3, 0.4) is 0 Å². The predicted octanol–water partition coefficient (Wildman–Crippen LogP) is 4.67. The van der Waals surface area contributed by atoms with Crippen molar-refractivity contribution in [2.75, 3.05) is 20.2 Å². The van der Waals surface area contributed by atoms with E-state index in [0.717, 1.165) is 22.0 Å². The Morgan fingerprint density at radius 2 is 2.04 bits per heavy atom. The minimum atomic E-state index is -0.835. The topological polar surface area (TPSA) is 49.8 Å². The monoisotopic (exact) mass is 379 g/mol. The Labute approximate surface area is 157 Å². The second-order valence-electron chi connectivity index (χ2n) is 5.69. The predicted molar refractivity (Wildman–Crippen MR) is 102 cm³/mol. The van der Waals surface area contributed by atoms with Gasteiger partial charge in [-0.3, -0.25) is 9.69 Å². The lowest BCUT2D eigenvalue weighted by Crippen LogP contribution is -2.39. The molecule has 0 bridgehead atoms. The lowest BCUT2D eigenvalue weighted by Gasteiger charge is -2.26. The number of benzene rings is 2. The van der Waals surface area contributed by atoms with E-state index in [0.29, 0.717) is 11.6 Å². The van der Waals surface area contributed by atoms with Crippen molar-refractivity contribution in [3.8, 4) is 5.75 Å². The highest BCUT2D eigenvalue weighted by Crippen LogP contribution is 2.35. The van der Waals surface area contributed by atoms with Gasteiger partial charge in [0.05, 0.1) is 11.4 Å². The van der Waals surface area contributed by atoms with Crippen molar-refractivity contribution in [2.24, 2.45) is 0 Å². The molecule has 1 unspecified atom stereocenters. The van der Waals surface area contributed by atoms with Gasteiger partial charge in [0.2, 0.25) is 0 Å². The van der Waals surface area contributed by atoms with Gasteiger partial charge >= 0.3 is 5.97 Å². The number of halogens is 1. The molecule has 4 nitrogen and oxygen atoms in total. The van der Waals surface area contributed by atoms with Gasteiger partial charge in [0.25, 0.3) is 0 Å². The number of carboxylic acid groups (broad SMARTS) is 1. The normalized spacial score (nSPS) is 12.2. The number of nitrogens with zero attached hydrogens (tertiary/aromatic N) is 1. The molecule has 1 N–H and O–H groups in total. The maximum atomic E-state index is 10.9. The molecule has 0 amide bonds. The largest absolute Gasteiger partial charge is 0.491 e. The van der Waals surface area contributed by atoms with Crippen LogP contribution in [0.2, 0.25) is 5.02 Å². The Hall–Kier alpha value is -1.69. The Kier molecular flexibility index (Phi) is 7.62. The van der Waals surface area contributed by atoms with Crippen molar-refractivity contribution in [1.82, 2.24) is 4.90 Å². The van der Waals surface area contributed by atoms with Gasteiger partial charge in [0.1, 0.15) is 12.4 Å². The molecule has 0 spiro atoms. The van der Waals surface area contributed by atoms with Crippen molar-refractivity contribution in [1.29, 1.82) is 0 Å². The fraction of sp³-hybridized carbons (Fsp3) is 0.316. The molecule has 0 fully saturated rings. The Morgan fingerprint density at radius 3 is 2.72 bits per heavy atom. The van der Waals surface area contributed by atoms with E-state index in [2.05, 4.69) is 0 Å². The van der Waals surface area contributed by atoms with Crippen molar-refractivity contribution in [2.45, 2.75) is 29.2 Å². The first-order valence-electron chi connectivity index (χ1n) is 8.07. The molecule has 6 heteroatoms. The van der Waals surface area contributed by atoms with E-state index in [1.165, 1.54) is 0 Å². The maximum absolute atomic E-state index is 10.9. The zero-order valence-corrected chi connectivity index (χ0v) is 15.9. The summed E-state index contributed by atoms with van der Waals surface area (Å²) >= 11 is 7.64. The number of ether oxygens (including phenoxy) is 1. The van der Waals surface area contributed by atoms with Crippen molar-refractivity contribution in [3.63, 3.8) is 0 Å². The molecule has 2 rings (SSSR count). The molecule has 0 aliphatic carbocycles. The lowest BCUT2D eigenvalue weighted by molar-refractivity contribution is -0.138. The van der Waals surface area contributed by atoms with Crippen molar-refractivity contribution >= 4 is 29.3 Å². The average molecular weight is 380 g/mol. The van der Waals surface area contributed by atoms with Gasteiger partial charge in [-0.2, -0.15) is 0 Å². The Bertz CT molecular complexity index is 711. The number of hydrogen-bond donors (Lipinski definition) is 1. The Morgan fingerprint density at radius 1 is 1.28 bits per heavy atom. The third-order valence-corrected chi connectivity index (χ3v) is 5.07. The van der Waals surface area contributed by atoms with E-state index >= 15 is 0 Å². The van der Waals surface area contributed by atoms with Gasteiger partial charge in [0.15, 0.2) is 0 Å². The average Bonchev–Trinajstić information content (AvgIpc) is 2.56. The summed E-state index contributed by atoms with van der Waals surface area (Å²) in [6.07, 6.45) is 0.813. The molecule has 25 heavy (non-hydrogen) atoms. The van der Waals surface area contributed by atoms with E-state index < -0.39 is 5.97 Å². The van der Waals surface area contributed by atoms with E-state index in [9.17, 15) is 4.79 Å². The standard InChI is InChI=1S/C19H22ClNO3S/c1-3-15(21(2)12-19(22)23)13-24-17-9-4-5-10-18(17)25-16-8-6-7-14(20)11-16/h4-11,15H,3,12-13H2,1-2H3,(H,22,23). The van der Waals surface area contributed by atoms with Gasteiger partial charge < -0.3 is 9.84 Å². The first kappa shape index (κ1) is 19.6. The van der Waals surface area contributed by atoms with Gasteiger partial charge in [-0.1, -0.05) is 48.5 Å². The van der Waals surface area contributed by atoms with Crippen LogP contribution >= 0.6 is 23.4 Å². The highest BCUT2D eigenvalue weighted by Gasteiger charge is 2.17. The fourth-order valence-electron chi connectivity index (χ4n) is 2.40. The molecular weight excluding hydrogens is 358 g/mol. The van der Waals surface area contributed by atoms with Gasteiger partial charge in [-0.05, 0) is 43.8 Å². The molecule has 2 aromatic carbocycles. The molecule has 0 radical (unpaired) electrons. The SMILES string of the molecule is CCC(COc1ccccc1Sc1cccc(Cl)c1)N(C)CC(=O)O. The highest BCUT2D eigenvalue weighted by atomic mass is 35.5. The highest BCUT2D eigenvalue weighted by molar-refractivity contribution is 7.99. The summed E-state index contributed by atoms with van der Waals surface area (Å²) in [6.45, 7) is 2.47. The number of carboxylic acids is 1. The third kappa shape index (κ3) is 6.27. The fourth-order valence-corrected chi connectivity index (χ4v) is 3.61. The van der Waals surface area contributed by atoms with Gasteiger partial charge in [-0.25, -0.2) is 0 Å². The van der Waals surface area contributed by atoms with E-state index in [1.807, 2.05) is 55.5 Å². The maximum Gasteiger partial charge on any atom is 0.317 e. The minimum Gasteiger partial charge on any atom is -0.491 e. The molecule has 1 atom stereocenters. The van der Waals surface area contributed by atoms with Crippen LogP contribution in [0.4, 0.5) is 0 Å². The summed E-state index contributed by atoms with van der Waals surface area (Å²) in [7, 11) is 1.80. The first-order valence-corrected chi connectivity index (χ1v) is 9.26. The number of para-hydroxylation sites is 1. The summed E-state index contributed by atoms with van der Waals surface area (Å²) in [4.78, 5) is 14.7. The zero-order valence-electron chi connectivity index (χ0n) is 14.3. The van der Waals surface area contributed by atoms with Crippen molar-refractivity contribution < 1.29 is 14.6 Å². The van der Waals surface area contributed by atoms with E-state index in [1.54, 1.807) is 23.7 Å². The Balaban J connectivity index is 2.05. The number of carbonyl (C=O) groups is 1. The summed E-state index contributed by atoms with van der Waals surface area (Å²) in [5.74, 6) is -0.0486. The van der Waals surface area contributed by atoms with E-state index in [-0.39, 0.29) is 12.6 Å². The molecular formula is C19H22ClNO3S. The lowest BCUT2D eigenvalue weighted by atomic mass is 10.2. The van der Waals surface area contributed by atoms with Crippen LogP contribution < -0.4 is 4.74 Å². The zero-order chi connectivity index (χ0) is 18.2. The number of likely N-dealkylation sites (N-methyl/N-ethyl adjacent to an activating group) is 1. The third-order valence-electron chi connectivity index (χ3n) is 3.78. The van der Waals surface area contributed by atoms with Crippen LogP contribution in [0, 0.1) is 0 Å². The molecule has 0 aliphatic rings. The smallest absolute Gasteiger partial charge is 0.317 e. The van der Waals surface area contributed by atoms with Crippen LogP contribution in [0.5, 0.6) is 5.75 Å². The molecule has 0 saturated carbocycles. The van der Waals surface area contributed by atoms with E-state index in [4.69, 9.17) is 21.4 Å². The molecule has 2 aromatic rings. The minimum absolute atomic E-state index is 0.000772. The molecule has 0 aromatic heterocycles. The number of aliphatic carboxylic acids is 1. The quantitative estimate of drug-likeness (QED) is 0.686. The number of rotatable bonds is 9. The van der Waals surface area contributed by atoms with Gasteiger partial charge in [0, 0.05) is 16.0 Å². The number of hydrogen-bond acceptors (Lipinski definition) is 4. The second kappa shape index (κ2) is 9.70. The summed E-state index contributed by atoms with van der Waals surface area (Å²) < 4.78 is 6.01. The van der Waals surface area contributed by atoms with Crippen molar-refractivity contribution in [3.05, 3.63) is 53.6 Å². The molecule has 134 valence electrons. The second-order valence-corrected chi connectivity index (χ2v) is 7.24. The summed E-state index contributed by atoms with van der Waals surface area (Å²) in [5, 5.41) is 9.65. The van der Waals surface area contributed by atoms with Crippen LogP contribution in [0.1, 0.15) is 13.3 Å². The summed E-state index contributed by atoms with van der Waals surface area (Å²) in [6, 6.07) is 15.5. The molecule has 0 aliphatic heterocycles. The molecule has 0 saturated heterocycles. The first-order chi connectivity index (χ1) is 12.0. The van der Waals surface area contributed by atoms with Crippen LogP contribution in [0.25, 0.3) is 0 Å². The van der Waals surface area contributed by atoms with Crippen LogP contribution in [-0.2, 0) is 4.79 Å². The summed E-state index contributed by atoms with van der Waals surface area (Å²) in [5.41, 5.74) is 0.